The predicted molar refractivity (Wildman–Crippen MR) is 84.0 cm³/mol. The first kappa shape index (κ1) is 15.5. The molecule has 10 heteroatoms. The quantitative estimate of drug-likeness (QED) is 0.472. The fourth-order valence-corrected chi connectivity index (χ4v) is 3.02. The predicted octanol–water partition coefficient (Wildman–Crippen LogP) is -1.02. The molecule has 130 valence electrons. The van der Waals surface area contributed by atoms with Crippen LogP contribution in [0.25, 0.3) is 11.2 Å². The van der Waals surface area contributed by atoms with Gasteiger partial charge in [-0.05, 0) is 19.8 Å². The van der Waals surface area contributed by atoms with Gasteiger partial charge in [0.25, 0.3) is 0 Å². The third kappa shape index (κ3) is 2.30. The molecule has 10 nitrogen and oxygen atoms in total. The smallest absolute Gasteiger partial charge is 0.224 e. The Balaban J connectivity index is 1.78. The summed E-state index contributed by atoms with van der Waals surface area (Å²) in [4.78, 5) is 12.7. The van der Waals surface area contributed by atoms with Crippen molar-refractivity contribution in [3.05, 3.63) is 6.33 Å². The van der Waals surface area contributed by atoms with Crippen molar-refractivity contribution in [2.75, 3.05) is 17.7 Å². The number of hydrogen-bond donors (Lipinski definition) is 5. The number of aliphatic hydroxyl groups excluding tert-OH is 2. The SMILES string of the molecule is CC1(O)C(O)[C@@H](CO)O[C@H]1n1cnc2c(NC3CC3)nc(N)nc21. The Morgan fingerprint density at radius 1 is 1.46 bits per heavy atom. The molecule has 2 aromatic heterocycles. The number of fused-ring (bicyclic) bond motifs is 1. The van der Waals surface area contributed by atoms with Crippen LogP contribution in [0, 0.1) is 0 Å². The highest BCUT2D eigenvalue weighted by molar-refractivity contribution is 5.84. The second-order valence-corrected chi connectivity index (χ2v) is 6.55. The summed E-state index contributed by atoms with van der Waals surface area (Å²) in [6.07, 6.45) is 0.493. The molecule has 0 aromatic carbocycles. The first-order chi connectivity index (χ1) is 11.4. The number of aliphatic hydroxyl groups is 3. The molecule has 2 aliphatic rings. The number of aromatic nitrogens is 4. The number of nitrogens with zero attached hydrogens (tertiary/aromatic N) is 4. The minimum absolute atomic E-state index is 0.0734. The van der Waals surface area contributed by atoms with Gasteiger partial charge in [0.2, 0.25) is 5.95 Å². The van der Waals surface area contributed by atoms with Crippen molar-refractivity contribution >= 4 is 22.9 Å². The van der Waals surface area contributed by atoms with E-state index in [0.29, 0.717) is 23.0 Å². The molecule has 2 fully saturated rings. The number of rotatable bonds is 4. The fraction of sp³-hybridized carbons (Fsp3) is 0.643. The molecule has 2 unspecified atom stereocenters. The lowest BCUT2D eigenvalue weighted by Gasteiger charge is -2.27. The van der Waals surface area contributed by atoms with E-state index in [1.165, 1.54) is 17.8 Å². The Morgan fingerprint density at radius 2 is 2.21 bits per heavy atom. The third-order valence-electron chi connectivity index (χ3n) is 4.54. The maximum atomic E-state index is 10.6. The lowest BCUT2D eigenvalue weighted by atomic mass is 9.96. The number of hydrogen-bond acceptors (Lipinski definition) is 9. The molecule has 1 aliphatic heterocycles. The van der Waals surface area contributed by atoms with E-state index in [0.717, 1.165) is 12.8 Å². The van der Waals surface area contributed by atoms with Gasteiger partial charge in [0.05, 0.1) is 12.9 Å². The minimum Gasteiger partial charge on any atom is -0.394 e. The zero-order chi connectivity index (χ0) is 17.1. The lowest BCUT2D eigenvalue weighted by Crippen LogP contribution is -2.44. The molecular formula is C14H20N6O4. The van der Waals surface area contributed by atoms with Crippen LogP contribution in [0.1, 0.15) is 26.0 Å². The van der Waals surface area contributed by atoms with Gasteiger partial charge in [-0.1, -0.05) is 0 Å². The van der Waals surface area contributed by atoms with Crippen molar-refractivity contribution in [1.82, 2.24) is 19.5 Å². The van der Waals surface area contributed by atoms with Crippen LogP contribution in [0.5, 0.6) is 0 Å². The van der Waals surface area contributed by atoms with Gasteiger partial charge in [-0.15, -0.1) is 0 Å². The maximum Gasteiger partial charge on any atom is 0.224 e. The Morgan fingerprint density at radius 3 is 2.83 bits per heavy atom. The summed E-state index contributed by atoms with van der Waals surface area (Å²) in [5.41, 5.74) is 5.08. The van der Waals surface area contributed by atoms with Gasteiger partial charge in [0, 0.05) is 6.04 Å². The molecule has 3 heterocycles. The third-order valence-corrected chi connectivity index (χ3v) is 4.54. The van der Waals surface area contributed by atoms with E-state index in [-0.39, 0.29) is 5.95 Å². The van der Waals surface area contributed by atoms with Crippen molar-refractivity contribution in [2.24, 2.45) is 0 Å². The largest absolute Gasteiger partial charge is 0.394 e. The molecule has 6 N–H and O–H groups in total. The highest BCUT2D eigenvalue weighted by atomic mass is 16.6. The second kappa shape index (κ2) is 5.24. The number of nitrogens with two attached hydrogens (primary N) is 1. The van der Waals surface area contributed by atoms with Gasteiger partial charge in [-0.25, -0.2) is 4.98 Å². The van der Waals surface area contributed by atoms with Gasteiger partial charge < -0.3 is 31.1 Å². The van der Waals surface area contributed by atoms with Crippen molar-refractivity contribution in [3.63, 3.8) is 0 Å². The Labute approximate surface area is 137 Å². The van der Waals surface area contributed by atoms with E-state index in [2.05, 4.69) is 20.3 Å². The van der Waals surface area contributed by atoms with Crippen LogP contribution in [0.4, 0.5) is 11.8 Å². The molecular weight excluding hydrogens is 316 g/mol. The maximum absolute atomic E-state index is 10.6. The van der Waals surface area contributed by atoms with Crippen LogP contribution in [-0.4, -0.2) is 65.3 Å². The van der Waals surface area contributed by atoms with E-state index in [1.54, 1.807) is 0 Å². The van der Waals surface area contributed by atoms with Crippen LogP contribution < -0.4 is 11.1 Å². The standard InChI is InChI=1S/C14H20N6O4/c1-14(23)9(22)7(4-21)24-12(14)20-5-16-8-10(17-6-2-3-6)18-13(15)19-11(8)20/h5-7,9,12,21-23H,2-4H2,1H3,(H3,15,17,18,19)/t7-,9?,12-,14?/m1/s1. The second-order valence-electron chi connectivity index (χ2n) is 6.55. The minimum atomic E-state index is -1.62. The van der Waals surface area contributed by atoms with Gasteiger partial charge >= 0.3 is 0 Å². The number of ether oxygens (including phenoxy) is 1. The summed E-state index contributed by atoms with van der Waals surface area (Å²) in [6.45, 7) is 1.03. The molecule has 1 saturated carbocycles. The summed E-state index contributed by atoms with van der Waals surface area (Å²) < 4.78 is 7.12. The van der Waals surface area contributed by atoms with E-state index < -0.39 is 30.6 Å². The number of imidazole rings is 1. The summed E-state index contributed by atoms with van der Waals surface area (Å²) in [5.74, 6) is 0.611. The normalized spacial score (nSPS) is 33.2. The molecule has 4 rings (SSSR count). The van der Waals surface area contributed by atoms with Crippen LogP contribution in [-0.2, 0) is 4.74 Å². The van der Waals surface area contributed by atoms with Crippen LogP contribution >= 0.6 is 0 Å². The summed E-state index contributed by atoms with van der Waals surface area (Å²) in [6, 6.07) is 0.360. The van der Waals surface area contributed by atoms with Gasteiger partial charge in [-0.2, -0.15) is 9.97 Å². The average molecular weight is 336 g/mol. The zero-order valence-corrected chi connectivity index (χ0v) is 13.1. The summed E-state index contributed by atoms with van der Waals surface area (Å²) in [7, 11) is 0. The Kier molecular flexibility index (Phi) is 3.39. The van der Waals surface area contributed by atoms with Gasteiger partial charge in [-0.3, -0.25) is 4.57 Å². The first-order valence-corrected chi connectivity index (χ1v) is 7.85. The molecule has 0 radical (unpaired) electrons. The van der Waals surface area contributed by atoms with Crippen LogP contribution in [0.2, 0.25) is 0 Å². The monoisotopic (exact) mass is 336 g/mol. The van der Waals surface area contributed by atoms with E-state index in [1.807, 2.05) is 0 Å². The lowest BCUT2D eigenvalue weighted by molar-refractivity contribution is -0.0950. The van der Waals surface area contributed by atoms with Crippen molar-refractivity contribution < 1.29 is 20.1 Å². The fourth-order valence-electron chi connectivity index (χ4n) is 3.02. The average Bonchev–Trinajstić information content (AvgIpc) is 3.20. The number of nitrogens with one attached hydrogen (secondary N) is 1. The molecule has 0 spiro atoms. The van der Waals surface area contributed by atoms with Gasteiger partial charge in [0.15, 0.2) is 23.2 Å². The molecule has 24 heavy (non-hydrogen) atoms. The highest BCUT2D eigenvalue weighted by Gasteiger charge is 2.53. The van der Waals surface area contributed by atoms with Crippen molar-refractivity contribution in [2.45, 2.75) is 49.8 Å². The van der Waals surface area contributed by atoms with Crippen molar-refractivity contribution in [3.8, 4) is 0 Å². The molecule has 1 aliphatic carbocycles. The van der Waals surface area contributed by atoms with E-state index in [9.17, 15) is 15.3 Å². The summed E-state index contributed by atoms with van der Waals surface area (Å²) >= 11 is 0. The van der Waals surface area contributed by atoms with E-state index in [4.69, 9.17) is 10.5 Å². The Bertz CT molecular complexity index is 774. The molecule has 4 atom stereocenters. The van der Waals surface area contributed by atoms with Crippen LogP contribution in [0.3, 0.4) is 0 Å². The van der Waals surface area contributed by atoms with Gasteiger partial charge in [0.1, 0.15) is 17.8 Å². The topological polar surface area (TPSA) is 152 Å². The van der Waals surface area contributed by atoms with Crippen molar-refractivity contribution in [1.29, 1.82) is 0 Å². The first-order valence-electron chi connectivity index (χ1n) is 7.85. The molecule has 0 amide bonds. The summed E-state index contributed by atoms with van der Waals surface area (Å²) in [5, 5.41) is 33.3. The molecule has 0 bridgehead atoms. The van der Waals surface area contributed by atoms with E-state index >= 15 is 0 Å². The number of anilines is 2. The highest BCUT2D eigenvalue weighted by Crippen LogP contribution is 2.40. The molecule has 2 aromatic rings. The zero-order valence-electron chi connectivity index (χ0n) is 13.1. The molecule has 1 saturated heterocycles. The Hall–Kier alpha value is -2.01. The van der Waals surface area contributed by atoms with Crippen LogP contribution in [0.15, 0.2) is 6.33 Å². The number of nitrogen functional groups attached to an aromatic ring is 1.